The van der Waals surface area contributed by atoms with Gasteiger partial charge in [-0.25, -0.2) is 0 Å². The lowest BCUT2D eigenvalue weighted by molar-refractivity contribution is -0.302. The summed E-state index contributed by atoms with van der Waals surface area (Å²) in [6.07, 6.45) is 72.2. The highest BCUT2D eigenvalue weighted by Gasteiger charge is 2.44. The van der Waals surface area contributed by atoms with E-state index in [0.717, 1.165) is 96.3 Å². The van der Waals surface area contributed by atoms with Gasteiger partial charge >= 0.3 is 0 Å². The number of hydrogen-bond acceptors (Lipinski definition) is 8. The lowest BCUT2D eigenvalue weighted by Gasteiger charge is -2.40. The average Bonchev–Trinajstić information content (AvgIpc) is 3.40. The number of carbonyl (C=O) groups is 1. The van der Waals surface area contributed by atoms with E-state index in [1.807, 2.05) is 0 Å². The van der Waals surface area contributed by atoms with E-state index >= 15 is 0 Å². The summed E-state index contributed by atoms with van der Waals surface area (Å²) in [4.78, 5) is 13.1. The molecule has 0 aromatic rings. The quantitative estimate of drug-likeness (QED) is 0.0261. The second-order valence-electron chi connectivity index (χ2n) is 20.1. The zero-order valence-corrected chi connectivity index (χ0v) is 46.8. The normalized spacial score (nSPS) is 19.9. The first kappa shape index (κ1) is 68.6. The smallest absolute Gasteiger partial charge is 0.220 e. The molecular weight excluding hydrogens is 923 g/mol. The van der Waals surface area contributed by atoms with Gasteiger partial charge < -0.3 is 40.3 Å². The molecule has 1 rings (SSSR count). The van der Waals surface area contributed by atoms with Crippen molar-refractivity contribution in [2.24, 2.45) is 0 Å². The molecule has 0 aromatic heterocycles. The molecule has 422 valence electrons. The molecule has 1 aliphatic heterocycles. The zero-order chi connectivity index (χ0) is 53.6. The van der Waals surface area contributed by atoms with Gasteiger partial charge in [-0.15, -0.1) is 0 Å². The fourth-order valence-electron chi connectivity index (χ4n) is 8.66. The van der Waals surface area contributed by atoms with Crippen molar-refractivity contribution in [3.05, 3.63) is 122 Å². The summed E-state index contributed by atoms with van der Waals surface area (Å²) in [5.41, 5.74) is 0. The van der Waals surface area contributed by atoms with Crippen LogP contribution in [-0.2, 0) is 14.3 Å². The maximum Gasteiger partial charge on any atom is 0.220 e. The highest BCUT2D eigenvalue weighted by molar-refractivity contribution is 5.76. The van der Waals surface area contributed by atoms with Crippen molar-refractivity contribution in [3.8, 4) is 0 Å². The van der Waals surface area contributed by atoms with Crippen LogP contribution in [0.25, 0.3) is 0 Å². The van der Waals surface area contributed by atoms with E-state index in [9.17, 15) is 30.3 Å². The van der Waals surface area contributed by atoms with Crippen molar-refractivity contribution >= 4 is 5.91 Å². The number of aliphatic hydroxyl groups is 5. The molecule has 7 atom stereocenters. The Morgan fingerprint density at radius 2 is 0.838 bits per heavy atom. The molecule has 9 heteroatoms. The van der Waals surface area contributed by atoms with Gasteiger partial charge in [0.15, 0.2) is 6.29 Å². The predicted molar refractivity (Wildman–Crippen MR) is 313 cm³/mol. The number of hydrogen-bond donors (Lipinski definition) is 6. The first-order chi connectivity index (χ1) is 36.3. The minimum atomic E-state index is -1.57. The van der Waals surface area contributed by atoms with Crippen LogP contribution < -0.4 is 5.32 Å². The van der Waals surface area contributed by atoms with Crippen molar-refractivity contribution in [1.82, 2.24) is 5.32 Å². The van der Waals surface area contributed by atoms with Gasteiger partial charge in [-0.3, -0.25) is 4.79 Å². The van der Waals surface area contributed by atoms with E-state index in [4.69, 9.17) is 9.47 Å². The Bertz CT molecular complexity index is 1570. The van der Waals surface area contributed by atoms with Gasteiger partial charge in [0.05, 0.1) is 25.4 Å². The molecule has 74 heavy (non-hydrogen) atoms. The molecule has 1 saturated heterocycles. The molecule has 0 spiro atoms. The zero-order valence-electron chi connectivity index (χ0n) is 46.8. The Labute approximate surface area is 452 Å². The van der Waals surface area contributed by atoms with Crippen LogP contribution >= 0.6 is 0 Å². The molecule has 1 fully saturated rings. The van der Waals surface area contributed by atoms with Crippen molar-refractivity contribution in [2.45, 2.75) is 269 Å². The molecule has 0 bridgehead atoms. The first-order valence-electron chi connectivity index (χ1n) is 29.7. The van der Waals surface area contributed by atoms with Gasteiger partial charge in [0.25, 0.3) is 0 Å². The fourth-order valence-corrected chi connectivity index (χ4v) is 8.66. The summed E-state index contributed by atoms with van der Waals surface area (Å²) in [6.45, 7) is 3.70. The number of rotatable bonds is 49. The summed E-state index contributed by atoms with van der Waals surface area (Å²) >= 11 is 0. The third kappa shape index (κ3) is 41.8. The molecule has 0 aromatic carbocycles. The molecule has 0 saturated carbocycles. The van der Waals surface area contributed by atoms with E-state index in [0.29, 0.717) is 19.3 Å². The SMILES string of the molecule is CC/C=C\C/C=C\C/C=C\C/C=C\C/C=C\C/C=C\C/C=C\C/C=C\C/C=C\C/C=C\CCCCC(=O)NC(COC1OC(CO)C(O)C(O)C1O)C(O)CCCCCCCCCCCCCCCCCCCC. The molecule has 7 unspecified atom stereocenters. The lowest BCUT2D eigenvalue weighted by atomic mass is 9.99. The fraction of sp³-hybridized carbons (Fsp3) is 0.677. The number of unbranched alkanes of at least 4 members (excludes halogenated alkanes) is 19. The maximum absolute atomic E-state index is 13.1. The number of nitrogens with one attached hydrogen (secondary N) is 1. The molecule has 1 amide bonds. The Hall–Kier alpha value is -3.41. The van der Waals surface area contributed by atoms with Gasteiger partial charge in [0.1, 0.15) is 24.4 Å². The van der Waals surface area contributed by atoms with Crippen LogP contribution in [0.3, 0.4) is 0 Å². The Morgan fingerprint density at radius 1 is 0.473 bits per heavy atom. The number of carbonyl (C=O) groups excluding carboxylic acids is 1. The maximum atomic E-state index is 13.1. The van der Waals surface area contributed by atoms with Crippen LogP contribution in [0.5, 0.6) is 0 Å². The minimum Gasteiger partial charge on any atom is -0.394 e. The van der Waals surface area contributed by atoms with E-state index in [1.54, 1.807) is 0 Å². The minimum absolute atomic E-state index is 0.163. The number of aliphatic hydroxyl groups excluding tert-OH is 5. The lowest BCUT2D eigenvalue weighted by Crippen LogP contribution is -2.60. The Balaban J connectivity index is 2.26. The molecule has 1 heterocycles. The van der Waals surface area contributed by atoms with Crippen LogP contribution in [0, 0.1) is 0 Å². The van der Waals surface area contributed by atoms with Gasteiger partial charge in [0.2, 0.25) is 5.91 Å². The monoisotopic (exact) mass is 1030 g/mol. The summed E-state index contributed by atoms with van der Waals surface area (Å²) in [5, 5.41) is 54.7. The first-order valence-corrected chi connectivity index (χ1v) is 29.7. The largest absolute Gasteiger partial charge is 0.394 e. The third-order valence-corrected chi connectivity index (χ3v) is 13.3. The van der Waals surface area contributed by atoms with Crippen LogP contribution in [0.15, 0.2) is 122 Å². The average molecular weight is 1030 g/mol. The van der Waals surface area contributed by atoms with E-state index in [1.165, 1.54) is 96.3 Å². The van der Waals surface area contributed by atoms with E-state index < -0.39 is 49.5 Å². The Kier molecular flexibility index (Phi) is 49.1. The standard InChI is InChI=1S/C65H109NO8/c1-3-5-7-9-11-13-15-17-19-21-23-24-25-26-27-28-29-30-31-32-33-34-35-36-37-39-41-43-45-47-49-51-53-55-61(69)66-58(57-73-65-64(72)63(71)62(70)60(56-67)74-65)59(68)54-52-50-48-46-44-42-40-38-22-20-18-16-14-12-10-8-6-4-2/h5,7,11,13,17,19,23-24,26-27,29-30,32-33,35-36,39,41,45,47,58-60,62-65,67-68,70-72H,3-4,6,8-10,12,14-16,18,20-22,25,28,31,34,37-38,40,42-44,46,48-57H2,1-2H3,(H,66,69)/b7-5-,13-11-,19-17-,24-23-,27-26-,30-29-,33-32-,36-35-,41-39-,47-45-. The molecule has 9 nitrogen and oxygen atoms in total. The van der Waals surface area contributed by atoms with Gasteiger partial charge in [-0.2, -0.15) is 0 Å². The van der Waals surface area contributed by atoms with Crippen molar-refractivity contribution in [2.75, 3.05) is 13.2 Å². The Morgan fingerprint density at radius 3 is 1.22 bits per heavy atom. The van der Waals surface area contributed by atoms with Crippen molar-refractivity contribution < 1.29 is 39.8 Å². The number of allylic oxidation sites excluding steroid dienone is 20. The van der Waals surface area contributed by atoms with Crippen LogP contribution in [0.2, 0.25) is 0 Å². The van der Waals surface area contributed by atoms with E-state index in [2.05, 4.69) is 141 Å². The van der Waals surface area contributed by atoms with Gasteiger partial charge in [-0.1, -0.05) is 251 Å². The molecular formula is C65H109NO8. The molecule has 1 aliphatic rings. The highest BCUT2D eigenvalue weighted by atomic mass is 16.7. The van der Waals surface area contributed by atoms with Crippen molar-refractivity contribution in [1.29, 1.82) is 0 Å². The number of ether oxygens (including phenoxy) is 2. The second kappa shape index (κ2) is 53.0. The van der Waals surface area contributed by atoms with Gasteiger partial charge in [0, 0.05) is 6.42 Å². The van der Waals surface area contributed by atoms with Crippen LogP contribution in [-0.4, -0.2) is 87.5 Å². The van der Waals surface area contributed by atoms with Gasteiger partial charge in [-0.05, 0) is 89.9 Å². The molecule has 6 N–H and O–H groups in total. The number of amides is 1. The summed E-state index contributed by atoms with van der Waals surface area (Å²) in [7, 11) is 0. The van der Waals surface area contributed by atoms with Crippen molar-refractivity contribution in [3.63, 3.8) is 0 Å². The third-order valence-electron chi connectivity index (χ3n) is 13.3. The summed E-state index contributed by atoms with van der Waals surface area (Å²) in [5.74, 6) is -0.190. The summed E-state index contributed by atoms with van der Waals surface area (Å²) in [6, 6.07) is -0.752. The summed E-state index contributed by atoms with van der Waals surface area (Å²) < 4.78 is 11.3. The van der Waals surface area contributed by atoms with E-state index in [-0.39, 0.29) is 12.5 Å². The predicted octanol–water partition coefficient (Wildman–Crippen LogP) is 15.1. The second-order valence-corrected chi connectivity index (χ2v) is 20.1. The van der Waals surface area contributed by atoms with Crippen LogP contribution in [0.1, 0.15) is 226 Å². The molecule has 0 aliphatic carbocycles. The topological polar surface area (TPSA) is 149 Å². The van der Waals surface area contributed by atoms with Crippen LogP contribution in [0.4, 0.5) is 0 Å². The highest BCUT2D eigenvalue weighted by Crippen LogP contribution is 2.23. The molecule has 0 radical (unpaired) electrons.